The number of benzene rings is 1. The summed E-state index contributed by atoms with van der Waals surface area (Å²) < 4.78 is 5.98. The van der Waals surface area contributed by atoms with Gasteiger partial charge in [0.05, 0.1) is 6.42 Å². The average molecular weight is 234 g/mol. The molecule has 0 atom stereocenters. The van der Waals surface area contributed by atoms with E-state index in [1.54, 1.807) is 0 Å². The summed E-state index contributed by atoms with van der Waals surface area (Å²) in [5.74, 6) is 0.0324. The van der Waals surface area contributed by atoms with Crippen molar-refractivity contribution < 1.29 is 14.6 Å². The Morgan fingerprint density at radius 2 is 1.88 bits per heavy atom. The first-order chi connectivity index (χ1) is 8.07. The Balaban J connectivity index is 2.00. The average Bonchev–Trinajstić information content (AvgIpc) is 2.67. The van der Waals surface area contributed by atoms with Crippen LogP contribution in [0.1, 0.15) is 38.2 Å². The number of hydrogen-bond acceptors (Lipinski definition) is 2. The number of ether oxygens (including phenoxy) is 1. The van der Waals surface area contributed by atoms with E-state index < -0.39 is 5.97 Å². The fourth-order valence-corrected chi connectivity index (χ4v) is 2.36. The molecule has 3 nitrogen and oxygen atoms in total. The van der Waals surface area contributed by atoms with Crippen molar-refractivity contribution in [3.05, 3.63) is 29.8 Å². The van der Waals surface area contributed by atoms with Gasteiger partial charge < -0.3 is 9.84 Å². The van der Waals surface area contributed by atoms with Crippen LogP contribution in [0.15, 0.2) is 24.3 Å². The van der Waals surface area contributed by atoms with Gasteiger partial charge in [-0.3, -0.25) is 4.79 Å². The van der Waals surface area contributed by atoms with Gasteiger partial charge in [0, 0.05) is 0 Å². The van der Waals surface area contributed by atoms with Crippen molar-refractivity contribution in [1.29, 1.82) is 0 Å². The van der Waals surface area contributed by atoms with Crippen LogP contribution in [0, 0.1) is 0 Å². The molecule has 3 heteroatoms. The van der Waals surface area contributed by atoms with Gasteiger partial charge in [0.15, 0.2) is 0 Å². The molecule has 0 aliphatic heterocycles. The Morgan fingerprint density at radius 3 is 2.41 bits per heavy atom. The van der Waals surface area contributed by atoms with Crippen molar-refractivity contribution in [2.24, 2.45) is 0 Å². The summed E-state index contributed by atoms with van der Waals surface area (Å²) >= 11 is 0. The van der Waals surface area contributed by atoms with Gasteiger partial charge >= 0.3 is 5.97 Å². The Kier molecular flexibility index (Phi) is 3.36. The quantitative estimate of drug-likeness (QED) is 0.871. The molecule has 0 radical (unpaired) electrons. The minimum atomic E-state index is -0.804. The SMILES string of the molecule is CC1(Oc2ccc(CC(=O)O)cc2)CCCC1. The molecule has 0 bridgehead atoms. The van der Waals surface area contributed by atoms with Crippen LogP contribution in [0.5, 0.6) is 5.75 Å². The maximum atomic E-state index is 10.6. The molecule has 0 spiro atoms. The van der Waals surface area contributed by atoms with Crippen LogP contribution < -0.4 is 4.74 Å². The van der Waals surface area contributed by atoms with Crippen LogP contribution in [0.3, 0.4) is 0 Å². The molecule has 0 heterocycles. The Labute approximate surface area is 101 Å². The molecule has 1 aliphatic rings. The zero-order valence-corrected chi connectivity index (χ0v) is 10.1. The van der Waals surface area contributed by atoms with Gasteiger partial charge in [-0.2, -0.15) is 0 Å². The molecular weight excluding hydrogens is 216 g/mol. The number of rotatable bonds is 4. The number of aliphatic carboxylic acids is 1. The van der Waals surface area contributed by atoms with E-state index >= 15 is 0 Å². The van der Waals surface area contributed by atoms with Crippen LogP contribution in [0.2, 0.25) is 0 Å². The fraction of sp³-hybridized carbons (Fsp3) is 0.500. The Hall–Kier alpha value is -1.51. The van der Waals surface area contributed by atoms with Gasteiger partial charge in [-0.05, 0) is 50.3 Å². The molecule has 0 aromatic heterocycles. The highest BCUT2D eigenvalue weighted by Crippen LogP contribution is 2.33. The van der Waals surface area contributed by atoms with E-state index in [-0.39, 0.29) is 12.0 Å². The first-order valence-electron chi connectivity index (χ1n) is 6.07. The molecule has 0 saturated heterocycles. The van der Waals surface area contributed by atoms with Crippen LogP contribution in [-0.4, -0.2) is 16.7 Å². The van der Waals surface area contributed by atoms with Crippen LogP contribution in [-0.2, 0) is 11.2 Å². The molecule has 1 aromatic carbocycles. The second-order valence-electron chi connectivity index (χ2n) is 4.97. The monoisotopic (exact) mass is 234 g/mol. The van der Waals surface area contributed by atoms with E-state index in [0.29, 0.717) is 0 Å². The molecule has 1 saturated carbocycles. The summed E-state index contributed by atoms with van der Waals surface area (Å²) in [5.41, 5.74) is 0.773. The van der Waals surface area contributed by atoms with Crippen molar-refractivity contribution in [3.8, 4) is 5.75 Å². The summed E-state index contributed by atoms with van der Waals surface area (Å²) in [6.07, 6.45) is 4.73. The van der Waals surface area contributed by atoms with Crippen molar-refractivity contribution >= 4 is 5.97 Å². The van der Waals surface area contributed by atoms with Gasteiger partial charge in [0.2, 0.25) is 0 Å². The predicted molar refractivity (Wildman–Crippen MR) is 65.3 cm³/mol. The Bertz CT molecular complexity index is 388. The van der Waals surface area contributed by atoms with Gasteiger partial charge in [-0.25, -0.2) is 0 Å². The third-order valence-corrected chi connectivity index (χ3v) is 3.30. The van der Waals surface area contributed by atoms with Crippen molar-refractivity contribution in [2.75, 3.05) is 0 Å². The highest BCUT2D eigenvalue weighted by Gasteiger charge is 2.30. The van der Waals surface area contributed by atoms with Gasteiger partial charge in [-0.15, -0.1) is 0 Å². The molecule has 1 aromatic rings. The second-order valence-corrected chi connectivity index (χ2v) is 4.97. The van der Waals surface area contributed by atoms with Crippen molar-refractivity contribution in [1.82, 2.24) is 0 Å². The lowest BCUT2D eigenvalue weighted by Gasteiger charge is -2.25. The lowest BCUT2D eigenvalue weighted by molar-refractivity contribution is -0.136. The summed E-state index contributed by atoms with van der Waals surface area (Å²) in [4.78, 5) is 10.6. The molecule has 0 unspecified atom stereocenters. The summed E-state index contributed by atoms with van der Waals surface area (Å²) in [7, 11) is 0. The summed E-state index contributed by atoms with van der Waals surface area (Å²) in [5, 5.41) is 8.68. The first-order valence-corrected chi connectivity index (χ1v) is 6.07. The molecule has 0 amide bonds. The van der Waals surface area contributed by atoms with E-state index in [1.807, 2.05) is 24.3 Å². The molecule has 2 rings (SSSR count). The van der Waals surface area contributed by atoms with Crippen LogP contribution >= 0.6 is 0 Å². The zero-order chi connectivity index (χ0) is 12.3. The zero-order valence-electron chi connectivity index (χ0n) is 10.1. The van der Waals surface area contributed by atoms with Crippen molar-refractivity contribution in [2.45, 2.75) is 44.6 Å². The second kappa shape index (κ2) is 4.78. The van der Waals surface area contributed by atoms with E-state index in [9.17, 15) is 4.79 Å². The topological polar surface area (TPSA) is 46.5 Å². The third kappa shape index (κ3) is 3.22. The number of carboxylic acids is 1. The van der Waals surface area contributed by atoms with Crippen LogP contribution in [0.4, 0.5) is 0 Å². The van der Waals surface area contributed by atoms with Gasteiger partial charge in [-0.1, -0.05) is 12.1 Å². The van der Waals surface area contributed by atoms with E-state index in [1.165, 1.54) is 12.8 Å². The molecule has 1 N–H and O–H groups in total. The third-order valence-electron chi connectivity index (χ3n) is 3.30. The molecule has 92 valence electrons. The minimum Gasteiger partial charge on any atom is -0.488 e. The van der Waals surface area contributed by atoms with E-state index in [4.69, 9.17) is 9.84 Å². The van der Waals surface area contributed by atoms with Crippen molar-refractivity contribution in [3.63, 3.8) is 0 Å². The number of hydrogen-bond donors (Lipinski definition) is 1. The molecule has 1 aliphatic carbocycles. The normalized spacial score (nSPS) is 17.9. The van der Waals surface area contributed by atoms with E-state index in [2.05, 4.69) is 6.92 Å². The standard InChI is InChI=1S/C14H18O3/c1-14(8-2-3-9-14)17-12-6-4-11(5-7-12)10-13(15)16/h4-7H,2-3,8-10H2,1H3,(H,15,16). The highest BCUT2D eigenvalue weighted by atomic mass is 16.5. The maximum Gasteiger partial charge on any atom is 0.307 e. The predicted octanol–water partition coefficient (Wildman–Crippen LogP) is 3.03. The van der Waals surface area contributed by atoms with Crippen LogP contribution in [0.25, 0.3) is 0 Å². The summed E-state index contributed by atoms with van der Waals surface area (Å²) in [6.45, 7) is 2.14. The lowest BCUT2D eigenvalue weighted by Crippen LogP contribution is -2.27. The maximum absolute atomic E-state index is 10.6. The number of carbonyl (C=O) groups is 1. The summed E-state index contributed by atoms with van der Waals surface area (Å²) in [6, 6.07) is 7.37. The largest absolute Gasteiger partial charge is 0.488 e. The first kappa shape index (κ1) is 12.0. The lowest BCUT2D eigenvalue weighted by atomic mass is 10.1. The van der Waals surface area contributed by atoms with E-state index in [0.717, 1.165) is 24.2 Å². The molecule has 17 heavy (non-hydrogen) atoms. The smallest absolute Gasteiger partial charge is 0.307 e. The molecule has 1 fully saturated rings. The minimum absolute atomic E-state index is 0.0334. The Morgan fingerprint density at radius 1 is 1.29 bits per heavy atom. The molecular formula is C14H18O3. The van der Waals surface area contributed by atoms with Gasteiger partial charge in [0.1, 0.15) is 11.4 Å². The fourth-order valence-electron chi connectivity index (χ4n) is 2.36. The highest BCUT2D eigenvalue weighted by molar-refractivity contribution is 5.70. The van der Waals surface area contributed by atoms with Gasteiger partial charge in [0.25, 0.3) is 0 Å². The number of carboxylic acid groups (broad SMARTS) is 1.